The molecule has 0 saturated heterocycles. The molecule has 2 nitrogen and oxygen atoms in total. The molecule has 1 aromatic rings. The highest BCUT2D eigenvalue weighted by Crippen LogP contribution is 1.98. The van der Waals surface area contributed by atoms with Crippen LogP contribution in [0.3, 0.4) is 0 Å². The summed E-state index contributed by atoms with van der Waals surface area (Å²) in [6, 6.07) is 3.80. The zero-order chi connectivity index (χ0) is 7.40. The van der Waals surface area contributed by atoms with E-state index in [4.69, 9.17) is 4.42 Å². The third kappa shape index (κ3) is 1.97. The van der Waals surface area contributed by atoms with Crippen molar-refractivity contribution < 1.29 is 4.42 Å². The van der Waals surface area contributed by atoms with E-state index >= 15 is 0 Å². The van der Waals surface area contributed by atoms with Gasteiger partial charge in [-0.15, -0.1) is 0 Å². The number of allylic oxidation sites excluding steroid dienone is 1. The van der Waals surface area contributed by atoms with Gasteiger partial charge in [-0.25, -0.2) is 0 Å². The summed E-state index contributed by atoms with van der Waals surface area (Å²) in [6.45, 7) is 6.35. The SMILES string of the molecule is C=C(C)NCc1ccco1. The lowest BCUT2D eigenvalue weighted by atomic mass is 10.4. The standard InChI is InChI=1S/C8H11NO/c1-7(2)9-6-8-4-3-5-10-8/h3-5,9H,1,6H2,2H3. The summed E-state index contributed by atoms with van der Waals surface area (Å²) in [5.41, 5.74) is 0.955. The van der Waals surface area contributed by atoms with Gasteiger partial charge in [0.05, 0.1) is 12.8 Å². The molecule has 0 unspecified atom stereocenters. The van der Waals surface area contributed by atoms with E-state index in [1.54, 1.807) is 6.26 Å². The number of rotatable bonds is 3. The molecule has 0 atom stereocenters. The summed E-state index contributed by atoms with van der Waals surface area (Å²) in [5.74, 6) is 0.933. The first-order valence-corrected chi connectivity index (χ1v) is 3.21. The van der Waals surface area contributed by atoms with Crippen LogP contribution in [0.2, 0.25) is 0 Å². The van der Waals surface area contributed by atoms with Crippen molar-refractivity contribution in [2.75, 3.05) is 0 Å². The number of furan rings is 1. The minimum absolute atomic E-state index is 0.725. The highest BCUT2D eigenvalue weighted by Gasteiger charge is 1.91. The molecule has 1 heterocycles. The molecule has 0 aliphatic carbocycles. The van der Waals surface area contributed by atoms with Crippen LogP contribution < -0.4 is 5.32 Å². The Labute approximate surface area is 60.5 Å². The monoisotopic (exact) mass is 137 g/mol. The second-order valence-electron chi connectivity index (χ2n) is 2.21. The molecule has 1 aromatic heterocycles. The molecule has 0 bridgehead atoms. The predicted molar refractivity (Wildman–Crippen MR) is 40.4 cm³/mol. The normalized spacial score (nSPS) is 9.30. The van der Waals surface area contributed by atoms with Crippen LogP contribution in [0.5, 0.6) is 0 Å². The van der Waals surface area contributed by atoms with Gasteiger partial charge in [-0.2, -0.15) is 0 Å². The first kappa shape index (κ1) is 6.93. The fourth-order valence-corrected chi connectivity index (χ4v) is 0.651. The maximum absolute atomic E-state index is 5.08. The first-order chi connectivity index (χ1) is 4.79. The van der Waals surface area contributed by atoms with E-state index in [0.717, 1.165) is 18.0 Å². The minimum Gasteiger partial charge on any atom is -0.467 e. The van der Waals surface area contributed by atoms with E-state index in [9.17, 15) is 0 Å². The van der Waals surface area contributed by atoms with Crippen molar-refractivity contribution in [2.45, 2.75) is 13.5 Å². The molecular formula is C8H11NO. The maximum Gasteiger partial charge on any atom is 0.122 e. The summed E-state index contributed by atoms with van der Waals surface area (Å²) in [4.78, 5) is 0. The molecule has 0 aromatic carbocycles. The van der Waals surface area contributed by atoms with Gasteiger partial charge in [0.15, 0.2) is 0 Å². The van der Waals surface area contributed by atoms with Crippen molar-refractivity contribution in [3.8, 4) is 0 Å². The molecule has 0 fully saturated rings. The van der Waals surface area contributed by atoms with Gasteiger partial charge in [0.25, 0.3) is 0 Å². The van der Waals surface area contributed by atoms with Gasteiger partial charge in [0.1, 0.15) is 5.76 Å². The van der Waals surface area contributed by atoms with Crippen molar-refractivity contribution in [1.29, 1.82) is 0 Å². The number of nitrogens with one attached hydrogen (secondary N) is 1. The second kappa shape index (κ2) is 3.11. The highest BCUT2D eigenvalue weighted by molar-refractivity contribution is 4.99. The van der Waals surface area contributed by atoms with Gasteiger partial charge in [-0.1, -0.05) is 6.58 Å². The Morgan fingerprint density at radius 2 is 2.60 bits per heavy atom. The van der Waals surface area contributed by atoms with Crippen molar-refractivity contribution in [3.63, 3.8) is 0 Å². The van der Waals surface area contributed by atoms with Crippen LogP contribution in [0.4, 0.5) is 0 Å². The topological polar surface area (TPSA) is 25.2 Å². The molecule has 2 heteroatoms. The van der Waals surface area contributed by atoms with Crippen molar-refractivity contribution in [2.24, 2.45) is 0 Å². The molecule has 0 aliphatic rings. The van der Waals surface area contributed by atoms with Crippen LogP contribution in [-0.4, -0.2) is 0 Å². The van der Waals surface area contributed by atoms with E-state index in [1.807, 2.05) is 19.1 Å². The fraction of sp³-hybridized carbons (Fsp3) is 0.250. The van der Waals surface area contributed by atoms with Gasteiger partial charge < -0.3 is 9.73 Å². The van der Waals surface area contributed by atoms with E-state index in [0.29, 0.717) is 0 Å². The van der Waals surface area contributed by atoms with Crippen LogP contribution in [0.1, 0.15) is 12.7 Å². The lowest BCUT2D eigenvalue weighted by Gasteiger charge is -2.00. The quantitative estimate of drug-likeness (QED) is 0.688. The van der Waals surface area contributed by atoms with Crippen LogP contribution in [-0.2, 0) is 6.54 Å². The smallest absolute Gasteiger partial charge is 0.122 e. The Morgan fingerprint density at radius 1 is 1.80 bits per heavy atom. The molecule has 0 saturated carbocycles. The first-order valence-electron chi connectivity index (χ1n) is 3.21. The largest absolute Gasteiger partial charge is 0.467 e. The zero-order valence-electron chi connectivity index (χ0n) is 6.05. The average molecular weight is 137 g/mol. The Bertz CT molecular complexity index is 201. The number of hydrogen-bond acceptors (Lipinski definition) is 2. The average Bonchev–Trinajstić information content (AvgIpc) is 2.34. The van der Waals surface area contributed by atoms with Gasteiger partial charge >= 0.3 is 0 Å². The zero-order valence-corrected chi connectivity index (χ0v) is 6.05. The maximum atomic E-state index is 5.08. The molecule has 1 N–H and O–H groups in total. The second-order valence-corrected chi connectivity index (χ2v) is 2.21. The Kier molecular flexibility index (Phi) is 2.15. The van der Waals surface area contributed by atoms with Crippen LogP contribution in [0, 0.1) is 0 Å². The molecule has 0 spiro atoms. The van der Waals surface area contributed by atoms with Gasteiger partial charge in [-0.3, -0.25) is 0 Å². The van der Waals surface area contributed by atoms with Crippen LogP contribution in [0.15, 0.2) is 35.1 Å². The third-order valence-electron chi connectivity index (χ3n) is 1.14. The summed E-state index contributed by atoms with van der Waals surface area (Å²) in [5, 5.41) is 3.06. The Hall–Kier alpha value is -1.18. The summed E-state index contributed by atoms with van der Waals surface area (Å²) in [7, 11) is 0. The summed E-state index contributed by atoms with van der Waals surface area (Å²) >= 11 is 0. The Morgan fingerprint density at radius 3 is 3.10 bits per heavy atom. The molecule has 1 rings (SSSR count). The van der Waals surface area contributed by atoms with Crippen molar-refractivity contribution in [1.82, 2.24) is 5.32 Å². The van der Waals surface area contributed by atoms with E-state index in [2.05, 4.69) is 11.9 Å². The van der Waals surface area contributed by atoms with E-state index in [-0.39, 0.29) is 0 Å². The molecule has 54 valence electrons. The lowest BCUT2D eigenvalue weighted by molar-refractivity contribution is 0.496. The predicted octanol–water partition coefficient (Wildman–Crippen LogP) is 1.90. The van der Waals surface area contributed by atoms with E-state index in [1.165, 1.54) is 0 Å². The van der Waals surface area contributed by atoms with Gasteiger partial charge in [0.2, 0.25) is 0 Å². The van der Waals surface area contributed by atoms with Crippen molar-refractivity contribution in [3.05, 3.63) is 36.4 Å². The van der Waals surface area contributed by atoms with Gasteiger partial charge in [0, 0.05) is 5.70 Å². The van der Waals surface area contributed by atoms with Gasteiger partial charge in [-0.05, 0) is 19.1 Å². The molecule has 0 radical (unpaired) electrons. The third-order valence-corrected chi connectivity index (χ3v) is 1.14. The fourth-order valence-electron chi connectivity index (χ4n) is 0.651. The molecule has 0 amide bonds. The summed E-state index contributed by atoms with van der Waals surface area (Å²) < 4.78 is 5.08. The van der Waals surface area contributed by atoms with Crippen molar-refractivity contribution >= 4 is 0 Å². The molecule has 10 heavy (non-hydrogen) atoms. The lowest BCUT2D eigenvalue weighted by Crippen LogP contribution is -2.08. The Balaban J connectivity index is 2.35. The van der Waals surface area contributed by atoms with Crippen LogP contribution >= 0.6 is 0 Å². The summed E-state index contributed by atoms with van der Waals surface area (Å²) in [6.07, 6.45) is 1.66. The van der Waals surface area contributed by atoms with E-state index < -0.39 is 0 Å². The number of hydrogen-bond donors (Lipinski definition) is 1. The molecular weight excluding hydrogens is 126 g/mol. The highest BCUT2D eigenvalue weighted by atomic mass is 16.3. The molecule has 0 aliphatic heterocycles. The van der Waals surface area contributed by atoms with Crippen LogP contribution in [0.25, 0.3) is 0 Å². The minimum atomic E-state index is 0.725.